The molecule has 0 fully saturated rings. The summed E-state index contributed by atoms with van der Waals surface area (Å²) in [4.78, 5) is 12.4. The molecule has 2 aromatic rings. The van der Waals surface area contributed by atoms with Crippen molar-refractivity contribution in [1.29, 1.82) is 0 Å². The number of esters is 1. The molecule has 0 heterocycles. The lowest BCUT2D eigenvalue weighted by atomic mass is 9.80. The van der Waals surface area contributed by atoms with E-state index < -0.39 is 5.41 Å². The quantitative estimate of drug-likeness (QED) is 0.769. The lowest BCUT2D eigenvalue weighted by molar-refractivity contribution is -0.151. The number of nitrogens with one attached hydrogen (secondary N) is 1. The number of anilines is 1. The highest BCUT2D eigenvalue weighted by Crippen LogP contribution is 2.38. The summed E-state index contributed by atoms with van der Waals surface area (Å²) < 4.78 is 15.4. The van der Waals surface area contributed by atoms with Gasteiger partial charge in [0.15, 0.2) is 0 Å². The molecule has 1 N–H and O–H groups in total. The van der Waals surface area contributed by atoms with Gasteiger partial charge < -0.3 is 19.5 Å². The third-order valence-electron chi connectivity index (χ3n) is 4.28. The molecule has 0 saturated carbocycles. The van der Waals surface area contributed by atoms with Gasteiger partial charge in [0.1, 0.15) is 11.5 Å². The molecule has 0 aromatic heterocycles. The average molecular weight is 343 g/mol. The Morgan fingerprint density at radius 1 is 0.880 bits per heavy atom. The van der Waals surface area contributed by atoms with Gasteiger partial charge in [0, 0.05) is 5.69 Å². The molecule has 2 rings (SSSR count). The zero-order valence-electron chi connectivity index (χ0n) is 15.3. The smallest absolute Gasteiger partial charge is 0.313 e. The first-order chi connectivity index (χ1) is 11.9. The predicted molar refractivity (Wildman–Crippen MR) is 98.1 cm³/mol. The number of carbonyl (C=O) groups is 1. The Morgan fingerprint density at radius 2 is 1.36 bits per heavy atom. The van der Waals surface area contributed by atoms with Gasteiger partial charge in [-0.05, 0) is 55.8 Å². The maximum Gasteiger partial charge on any atom is 0.313 e. The minimum absolute atomic E-state index is 0.278. The van der Waals surface area contributed by atoms with Gasteiger partial charge >= 0.3 is 5.97 Å². The summed E-state index contributed by atoms with van der Waals surface area (Å²) in [7, 11) is 4.66. The molecule has 0 aliphatic carbocycles. The summed E-state index contributed by atoms with van der Waals surface area (Å²) in [6.07, 6.45) is 0. The number of methoxy groups -OCH3 is 3. The lowest BCUT2D eigenvalue weighted by Gasteiger charge is -2.33. The number of benzene rings is 2. The fourth-order valence-corrected chi connectivity index (χ4v) is 2.71. The van der Waals surface area contributed by atoms with Crippen LogP contribution < -0.4 is 14.8 Å². The van der Waals surface area contributed by atoms with E-state index in [9.17, 15) is 4.79 Å². The minimum Gasteiger partial charge on any atom is -0.497 e. The van der Waals surface area contributed by atoms with Crippen molar-refractivity contribution in [2.75, 3.05) is 26.6 Å². The molecule has 0 spiro atoms. The van der Waals surface area contributed by atoms with Crippen LogP contribution in [-0.4, -0.2) is 27.3 Å². The fourth-order valence-electron chi connectivity index (χ4n) is 2.71. The highest BCUT2D eigenvalue weighted by Gasteiger charge is 2.39. The van der Waals surface area contributed by atoms with Gasteiger partial charge in [0.25, 0.3) is 0 Å². The maximum atomic E-state index is 12.4. The van der Waals surface area contributed by atoms with Crippen LogP contribution in [-0.2, 0) is 9.53 Å². The van der Waals surface area contributed by atoms with Crippen molar-refractivity contribution in [3.8, 4) is 11.5 Å². The zero-order chi connectivity index (χ0) is 18.4. The fraction of sp³-hybridized carbons (Fsp3) is 0.350. The first-order valence-corrected chi connectivity index (χ1v) is 8.05. The van der Waals surface area contributed by atoms with Crippen molar-refractivity contribution in [3.63, 3.8) is 0 Å². The zero-order valence-corrected chi connectivity index (χ0v) is 15.3. The highest BCUT2D eigenvalue weighted by molar-refractivity contribution is 5.78. The van der Waals surface area contributed by atoms with Crippen molar-refractivity contribution in [2.45, 2.75) is 19.9 Å². The second-order valence-corrected chi connectivity index (χ2v) is 6.29. The van der Waals surface area contributed by atoms with Crippen molar-refractivity contribution in [3.05, 3.63) is 54.1 Å². The summed E-state index contributed by atoms with van der Waals surface area (Å²) in [5, 5.41) is 3.44. The van der Waals surface area contributed by atoms with Gasteiger partial charge in [0.2, 0.25) is 0 Å². The lowest BCUT2D eigenvalue weighted by Crippen LogP contribution is -2.36. The Labute approximate surface area is 148 Å². The molecule has 0 amide bonds. The number of ether oxygens (including phenoxy) is 3. The first kappa shape index (κ1) is 18.6. The van der Waals surface area contributed by atoms with E-state index >= 15 is 0 Å². The minimum atomic E-state index is -0.775. The van der Waals surface area contributed by atoms with Gasteiger partial charge in [0.05, 0.1) is 32.8 Å². The summed E-state index contributed by atoms with van der Waals surface area (Å²) in [6, 6.07) is 15.0. The van der Waals surface area contributed by atoms with Crippen LogP contribution in [0.1, 0.15) is 25.5 Å². The van der Waals surface area contributed by atoms with Gasteiger partial charge in [-0.2, -0.15) is 0 Å². The Kier molecular flexibility index (Phi) is 5.91. The number of hydrogen-bond acceptors (Lipinski definition) is 5. The van der Waals surface area contributed by atoms with E-state index in [4.69, 9.17) is 14.2 Å². The van der Waals surface area contributed by atoms with Crippen molar-refractivity contribution >= 4 is 11.7 Å². The van der Waals surface area contributed by atoms with Crippen LogP contribution in [0.4, 0.5) is 5.69 Å². The molecule has 0 bridgehead atoms. The topological polar surface area (TPSA) is 56.8 Å². The third-order valence-corrected chi connectivity index (χ3v) is 4.28. The van der Waals surface area contributed by atoms with Crippen LogP contribution in [0.25, 0.3) is 0 Å². The molecule has 0 saturated heterocycles. The molecule has 5 nitrogen and oxygen atoms in total. The Balaban J connectivity index is 2.37. The van der Waals surface area contributed by atoms with Crippen LogP contribution >= 0.6 is 0 Å². The van der Waals surface area contributed by atoms with E-state index in [0.717, 1.165) is 22.7 Å². The number of rotatable bonds is 7. The van der Waals surface area contributed by atoms with E-state index in [-0.39, 0.29) is 12.0 Å². The van der Waals surface area contributed by atoms with E-state index in [1.165, 1.54) is 7.11 Å². The number of hydrogen-bond donors (Lipinski definition) is 1. The molecule has 0 aliphatic heterocycles. The summed E-state index contributed by atoms with van der Waals surface area (Å²) in [5.41, 5.74) is 1.08. The summed E-state index contributed by atoms with van der Waals surface area (Å²) >= 11 is 0. The van der Waals surface area contributed by atoms with Gasteiger partial charge in [-0.1, -0.05) is 12.1 Å². The Morgan fingerprint density at radius 3 is 1.80 bits per heavy atom. The second-order valence-electron chi connectivity index (χ2n) is 6.29. The highest BCUT2D eigenvalue weighted by atomic mass is 16.5. The monoisotopic (exact) mass is 343 g/mol. The molecule has 1 atom stereocenters. The van der Waals surface area contributed by atoms with Crippen LogP contribution in [0.3, 0.4) is 0 Å². The van der Waals surface area contributed by atoms with Crippen molar-refractivity contribution in [2.24, 2.45) is 5.41 Å². The Bertz CT molecular complexity index is 693. The number of carbonyl (C=O) groups excluding carboxylic acids is 1. The van der Waals surface area contributed by atoms with Gasteiger partial charge in [-0.3, -0.25) is 4.79 Å². The maximum absolute atomic E-state index is 12.4. The first-order valence-electron chi connectivity index (χ1n) is 8.05. The molecule has 25 heavy (non-hydrogen) atoms. The molecular weight excluding hydrogens is 318 g/mol. The Hall–Kier alpha value is -2.69. The van der Waals surface area contributed by atoms with Crippen LogP contribution in [0, 0.1) is 5.41 Å². The van der Waals surface area contributed by atoms with E-state index in [0.29, 0.717) is 0 Å². The SMILES string of the molecule is COC(=O)C(C)(C)C(Nc1ccc(OC)cc1)c1ccc(OC)cc1. The van der Waals surface area contributed by atoms with Crippen LogP contribution in [0.5, 0.6) is 11.5 Å². The molecule has 1 unspecified atom stereocenters. The van der Waals surface area contributed by atoms with Crippen molar-refractivity contribution in [1.82, 2.24) is 0 Å². The molecule has 5 heteroatoms. The third kappa shape index (κ3) is 4.24. The average Bonchev–Trinajstić information content (AvgIpc) is 2.65. The standard InChI is InChI=1S/C20H25NO4/c1-20(2,19(22)25-5)18(14-6-10-16(23-3)11-7-14)21-15-8-12-17(24-4)13-9-15/h6-13,18,21H,1-5H3. The molecule has 0 radical (unpaired) electrons. The largest absolute Gasteiger partial charge is 0.497 e. The molecule has 0 aliphatic rings. The van der Waals surface area contributed by atoms with Crippen molar-refractivity contribution < 1.29 is 19.0 Å². The molecule has 134 valence electrons. The van der Waals surface area contributed by atoms with Gasteiger partial charge in [-0.15, -0.1) is 0 Å². The molecular formula is C20H25NO4. The summed E-state index contributed by atoms with van der Waals surface area (Å²) in [5.74, 6) is 1.26. The normalized spacial score (nSPS) is 12.2. The molecule has 2 aromatic carbocycles. The predicted octanol–water partition coefficient (Wildman–Crippen LogP) is 4.06. The van der Waals surface area contributed by atoms with E-state index in [1.807, 2.05) is 62.4 Å². The van der Waals surface area contributed by atoms with E-state index in [2.05, 4.69) is 5.32 Å². The van der Waals surface area contributed by atoms with E-state index in [1.54, 1.807) is 14.2 Å². The van der Waals surface area contributed by atoms with Crippen LogP contribution in [0.2, 0.25) is 0 Å². The van der Waals surface area contributed by atoms with Gasteiger partial charge in [-0.25, -0.2) is 0 Å². The second kappa shape index (κ2) is 7.92. The van der Waals surface area contributed by atoms with Crippen LogP contribution in [0.15, 0.2) is 48.5 Å². The summed E-state index contributed by atoms with van der Waals surface area (Å²) in [6.45, 7) is 3.73.